The predicted molar refractivity (Wildman–Crippen MR) is 96.3 cm³/mol. The van der Waals surface area contributed by atoms with Crippen molar-refractivity contribution >= 4 is 8.32 Å². The molecule has 2 nitrogen and oxygen atoms in total. The van der Waals surface area contributed by atoms with Gasteiger partial charge in [0.25, 0.3) is 0 Å². The highest BCUT2D eigenvalue weighted by atomic mass is 28.4. The van der Waals surface area contributed by atoms with Gasteiger partial charge in [0, 0.05) is 0 Å². The Morgan fingerprint density at radius 3 is 1.50 bits per heavy atom. The molecule has 0 heterocycles. The van der Waals surface area contributed by atoms with Gasteiger partial charge in [0.05, 0.1) is 7.11 Å². The van der Waals surface area contributed by atoms with E-state index in [9.17, 15) is 0 Å². The number of ether oxygens (including phenoxy) is 1. The monoisotopic (exact) mass is 314 g/mol. The average molecular weight is 315 g/mol. The molecule has 22 heavy (non-hydrogen) atoms. The molecule has 0 aliphatic rings. The van der Waals surface area contributed by atoms with E-state index in [2.05, 4.69) is 70.3 Å². The molecule has 118 valence electrons. The Labute approximate surface area is 135 Å². The Balaban J connectivity index is 2.16. The summed E-state index contributed by atoms with van der Waals surface area (Å²) in [5.74, 6) is 1.84. The minimum atomic E-state index is -1.77. The first kappa shape index (κ1) is 16.6. The van der Waals surface area contributed by atoms with Gasteiger partial charge in [-0.25, -0.2) is 0 Å². The van der Waals surface area contributed by atoms with Gasteiger partial charge < -0.3 is 9.16 Å². The lowest BCUT2D eigenvalue weighted by molar-refractivity contribution is 0.415. The molecule has 2 rings (SSSR count). The SMILES string of the molecule is COc1ccc(-c2ccc(O[Si](C)(C)C(C)(C)C)cc2)cc1. The third kappa shape index (κ3) is 3.71. The van der Waals surface area contributed by atoms with Crippen LogP contribution in [0.15, 0.2) is 48.5 Å². The minimum absolute atomic E-state index is 0.210. The standard InChI is InChI=1S/C19H26O2Si/c1-19(2,3)22(5,6)21-18-13-9-16(10-14-18)15-7-11-17(20-4)12-8-15/h7-14H,1-6H3. The van der Waals surface area contributed by atoms with Crippen LogP contribution >= 0.6 is 0 Å². The Morgan fingerprint density at radius 1 is 0.727 bits per heavy atom. The molecule has 0 fully saturated rings. The van der Waals surface area contributed by atoms with Crippen molar-refractivity contribution in [2.24, 2.45) is 0 Å². The molecule has 3 heteroatoms. The van der Waals surface area contributed by atoms with Gasteiger partial charge in [0.1, 0.15) is 11.5 Å². The van der Waals surface area contributed by atoms with Crippen molar-refractivity contribution < 1.29 is 9.16 Å². The molecule has 0 aromatic heterocycles. The summed E-state index contributed by atoms with van der Waals surface area (Å²) in [4.78, 5) is 0. The quantitative estimate of drug-likeness (QED) is 0.669. The second kappa shape index (κ2) is 6.17. The van der Waals surface area contributed by atoms with Crippen molar-refractivity contribution in [2.75, 3.05) is 7.11 Å². The molecule has 0 N–H and O–H groups in total. The number of hydrogen-bond donors (Lipinski definition) is 0. The third-order valence-corrected chi connectivity index (χ3v) is 8.82. The van der Waals surface area contributed by atoms with Gasteiger partial charge >= 0.3 is 0 Å². The normalized spacial score (nSPS) is 12.1. The highest BCUT2D eigenvalue weighted by molar-refractivity contribution is 6.74. The maximum atomic E-state index is 6.31. The van der Waals surface area contributed by atoms with Crippen molar-refractivity contribution in [3.8, 4) is 22.6 Å². The van der Waals surface area contributed by atoms with Crippen LogP contribution < -0.4 is 9.16 Å². The van der Waals surface area contributed by atoms with E-state index in [4.69, 9.17) is 9.16 Å². The van der Waals surface area contributed by atoms with Crippen molar-refractivity contribution in [3.05, 3.63) is 48.5 Å². The molecule has 2 aromatic carbocycles. The summed E-state index contributed by atoms with van der Waals surface area (Å²) in [6.45, 7) is 11.3. The van der Waals surface area contributed by atoms with Crippen LogP contribution in [0.4, 0.5) is 0 Å². The van der Waals surface area contributed by atoms with E-state index in [1.807, 2.05) is 12.1 Å². The molecule has 0 bridgehead atoms. The van der Waals surface area contributed by atoms with Gasteiger partial charge in [-0.05, 0) is 53.5 Å². The summed E-state index contributed by atoms with van der Waals surface area (Å²) in [5.41, 5.74) is 2.37. The number of hydrogen-bond acceptors (Lipinski definition) is 2. The molecule has 0 amide bonds. The van der Waals surface area contributed by atoms with Crippen molar-refractivity contribution in [1.29, 1.82) is 0 Å². The molecule has 0 saturated carbocycles. The zero-order valence-electron chi connectivity index (χ0n) is 14.4. The molecule has 0 atom stereocenters. The fourth-order valence-corrected chi connectivity index (χ4v) is 2.98. The summed E-state index contributed by atoms with van der Waals surface area (Å²) in [6, 6.07) is 16.5. The first-order chi connectivity index (χ1) is 10.2. The van der Waals surface area contributed by atoms with E-state index in [0.717, 1.165) is 11.5 Å². The van der Waals surface area contributed by atoms with E-state index in [1.165, 1.54) is 11.1 Å². The van der Waals surface area contributed by atoms with E-state index in [0.29, 0.717) is 0 Å². The molecule has 0 saturated heterocycles. The lowest BCUT2D eigenvalue weighted by Gasteiger charge is -2.36. The van der Waals surface area contributed by atoms with Gasteiger partial charge in [-0.2, -0.15) is 0 Å². The average Bonchev–Trinajstić information content (AvgIpc) is 2.47. The summed E-state index contributed by atoms with van der Waals surface area (Å²) < 4.78 is 11.5. The predicted octanol–water partition coefficient (Wildman–Crippen LogP) is 5.75. The molecule has 0 unspecified atom stereocenters. The third-order valence-electron chi connectivity index (χ3n) is 4.46. The zero-order chi connectivity index (χ0) is 16.4. The number of methoxy groups -OCH3 is 1. The van der Waals surface area contributed by atoms with Crippen molar-refractivity contribution in [2.45, 2.75) is 38.9 Å². The highest BCUT2D eigenvalue weighted by Gasteiger charge is 2.38. The molecule has 0 spiro atoms. The fraction of sp³-hybridized carbons (Fsp3) is 0.368. The largest absolute Gasteiger partial charge is 0.544 e. The van der Waals surface area contributed by atoms with E-state index in [1.54, 1.807) is 7.11 Å². The first-order valence-electron chi connectivity index (χ1n) is 7.66. The van der Waals surface area contributed by atoms with Crippen LogP contribution in [-0.4, -0.2) is 15.4 Å². The highest BCUT2D eigenvalue weighted by Crippen LogP contribution is 2.37. The van der Waals surface area contributed by atoms with Gasteiger partial charge in [-0.3, -0.25) is 0 Å². The van der Waals surface area contributed by atoms with Gasteiger partial charge in [0.15, 0.2) is 0 Å². The number of benzene rings is 2. The molecule has 0 aliphatic carbocycles. The maximum Gasteiger partial charge on any atom is 0.250 e. The second-order valence-electron chi connectivity index (χ2n) is 7.12. The lowest BCUT2D eigenvalue weighted by atomic mass is 10.1. The van der Waals surface area contributed by atoms with Crippen LogP contribution in [0.1, 0.15) is 20.8 Å². The van der Waals surface area contributed by atoms with E-state index >= 15 is 0 Å². The molecule has 0 radical (unpaired) electrons. The van der Waals surface area contributed by atoms with Crippen LogP contribution in [0.5, 0.6) is 11.5 Å². The Hall–Kier alpha value is -1.74. The minimum Gasteiger partial charge on any atom is -0.544 e. The zero-order valence-corrected chi connectivity index (χ0v) is 15.4. The van der Waals surface area contributed by atoms with E-state index in [-0.39, 0.29) is 5.04 Å². The van der Waals surface area contributed by atoms with Crippen LogP contribution in [0, 0.1) is 0 Å². The first-order valence-corrected chi connectivity index (χ1v) is 10.6. The number of rotatable bonds is 4. The van der Waals surface area contributed by atoms with Crippen molar-refractivity contribution in [1.82, 2.24) is 0 Å². The van der Waals surface area contributed by atoms with Crippen LogP contribution in [0.25, 0.3) is 11.1 Å². The maximum absolute atomic E-state index is 6.31. The summed E-state index contributed by atoms with van der Waals surface area (Å²) >= 11 is 0. The van der Waals surface area contributed by atoms with Crippen molar-refractivity contribution in [3.63, 3.8) is 0 Å². The van der Waals surface area contributed by atoms with Gasteiger partial charge in [-0.15, -0.1) is 0 Å². The Kier molecular flexibility index (Phi) is 4.66. The van der Waals surface area contributed by atoms with Crippen LogP contribution in [0.3, 0.4) is 0 Å². The molecular weight excluding hydrogens is 288 g/mol. The van der Waals surface area contributed by atoms with E-state index < -0.39 is 8.32 Å². The Morgan fingerprint density at radius 2 is 1.14 bits per heavy atom. The van der Waals surface area contributed by atoms with Crippen LogP contribution in [-0.2, 0) is 0 Å². The smallest absolute Gasteiger partial charge is 0.250 e. The topological polar surface area (TPSA) is 18.5 Å². The second-order valence-corrected chi connectivity index (χ2v) is 11.8. The molecular formula is C19H26O2Si. The van der Waals surface area contributed by atoms with Gasteiger partial charge in [0.2, 0.25) is 8.32 Å². The fourth-order valence-electron chi connectivity index (χ4n) is 1.95. The van der Waals surface area contributed by atoms with Crippen LogP contribution in [0.2, 0.25) is 18.1 Å². The lowest BCUT2D eigenvalue weighted by Crippen LogP contribution is -2.43. The van der Waals surface area contributed by atoms with Gasteiger partial charge in [-0.1, -0.05) is 45.0 Å². The summed E-state index contributed by atoms with van der Waals surface area (Å²) in [6.07, 6.45) is 0. The Bertz CT molecular complexity index is 607. The summed E-state index contributed by atoms with van der Waals surface area (Å²) in [7, 11) is -0.0888. The molecule has 0 aliphatic heterocycles. The molecule has 2 aromatic rings. The summed E-state index contributed by atoms with van der Waals surface area (Å²) in [5, 5.41) is 0.210.